The maximum atomic E-state index is 12.2. The standard InChI is InChI=1S/C20H23N3O7/c1-5-28-20(27)15-11(2)30-18(16(15)17(21)25)22-14(24)10-29-19(26)12-6-8-13(9-7-12)23(3)4/h6-9H,5,10H2,1-4H3,(H2,21,25)(H,22,24). The summed E-state index contributed by atoms with van der Waals surface area (Å²) in [6.07, 6.45) is 0. The fraction of sp³-hybridized carbons (Fsp3) is 0.300. The third-order valence-electron chi connectivity index (χ3n) is 4.02. The minimum atomic E-state index is -0.983. The van der Waals surface area contributed by atoms with Gasteiger partial charge >= 0.3 is 11.9 Å². The Bertz CT molecular complexity index is 962. The summed E-state index contributed by atoms with van der Waals surface area (Å²) < 4.78 is 15.1. The largest absolute Gasteiger partial charge is 0.462 e. The van der Waals surface area contributed by atoms with Crippen LogP contribution >= 0.6 is 0 Å². The molecule has 1 aromatic heterocycles. The number of amides is 2. The second-order valence-electron chi connectivity index (χ2n) is 6.39. The second-order valence-corrected chi connectivity index (χ2v) is 6.39. The molecule has 2 amide bonds. The molecule has 0 spiro atoms. The molecule has 1 aromatic carbocycles. The zero-order valence-corrected chi connectivity index (χ0v) is 17.1. The smallest absolute Gasteiger partial charge is 0.342 e. The van der Waals surface area contributed by atoms with E-state index in [9.17, 15) is 19.2 Å². The number of ether oxygens (including phenoxy) is 2. The average Bonchev–Trinajstić information content (AvgIpc) is 3.02. The summed E-state index contributed by atoms with van der Waals surface area (Å²) in [7, 11) is 3.73. The van der Waals surface area contributed by atoms with E-state index >= 15 is 0 Å². The van der Waals surface area contributed by atoms with Gasteiger partial charge in [-0.05, 0) is 38.1 Å². The van der Waals surface area contributed by atoms with E-state index in [1.165, 1.54) is 6.92 Å². The molecule has 0 radical (unpaired) electrons. The molecule has 0 aliphatic rings. The molecule has 3 N–H and O–H groups in total. The van der Waals surface area contributed by atoms with Crippen LogP contribution in [-0.4, -0.2) is 51.1 Å². The second kappa shape index (κ2) is 9.59. The van der Waals surface area contributed by atoms with Crippen LogP contribution in [0.5, 0.6) is 0 Å². The minimum absolute atomic E-state index is 0.0514. The molecule has 160 valence electrons. The summed E-state index contributed by atoms with van der Waals surface area (Å²) in [4.78, 5) is 50.0. The third-order valence-corrected chi connectivity index (χ3v) is 4.02. The van der Waals surface area contributed by atoms with Crippen LogP contribution in [0.25, 0.3) is 0 Å². The number of carbonyl (C=O) groups excluding carboxylic acids is 4. The van der Waals surface area contributed by atoms with Crippen LogP contribution in [0.2, 0.25) is 0 Å². The van der Waals surface area contributed by atoms with Gasteiger partial charge < -0.3 is 24.5 Å². The Morgan fingerprint density at radius 3 is 2.20 bits per heavy atom. The van der Waals surface area contributed by atoms with E-state index in [1.807, 2.05) is 19.0 Å². The predicted molar refractivity (Wildman–Crippen MR) is 108 cm³/mol. The van der Waals surface area contributed by atoms with E-state index in [0.29, 0.717) is 0 Å². The average molecular weight is 417 g/mol. The normalized spacial score (nSPS) is 10.3. The maximum absolute atomic E-state index is 12.2. The Labute approximate surface area is 172 Å². The molecule has 30 heavy (non-hydrogen) atoms. The lowest BCUT2D eigenvalue weighted by Gasteiger charge is -2.12. The van der Waals surface area contributed by atoms with Gasteiger partial charge in [-0.3, -0.25) is 14.9 Å². The summed E-state index contributed by atoms with van der Waals surface area (Å²) in [5.41, 5.74) is 6.00. The molecule has 0 bridgehead atoms. The van der Waals surface area contributed by atoms with Gasteiger partial charge in [0.1, 0.15) is 16.9 Å². The van der Waals surface area contributed by atoms with Crippen molar-refractivity contribution in [3.63, 3.8) is 0 Å². The number of anilines is 2. The molecule has 0 aliphatic carbocycles. The first-order chi connectivity index (χ1) is 14.1. The summed E-state index contributed by atoms with van der Waals surface area (Å²) in [6.45, 7) is 2.46. The number of furan rings is 1. The molecule has 10 heteroatoms. The Morgan fingerprint density at radius 1 is 1.03 bits per heavy atom. The summed E-state index contributed by atoms with van der Waals surface area (Å²) in [6, 6.07) is 6.61. The number of nitrogens with zero attached hydrogens (tertiary/aromatic N) is 1. The van der Waals surface area contributed by atoms with Crippen LogP contribution in [0.15, 0.2) is 28.7 Å². The van der Waals surface area contributed by atoms with Crippen LogP contribution in [0, 0.1) is 6.92 Å². The molecule has 0 unspecified atom stereocenters. The molecule has 0 fully saturated rings. The van der Waals surface area contributed by atoms with Crippen LogP contribution in [-0.2, 0) is 14.3 Å². The van der Waals surface area contributed by atoms with Gasteiger partial charge in [0.15, 0.2) is 6.61 Å². The number of hydrogen-bond acceptors (Lipinski definition) is 8. The van der Waals surface area contributed by atoms with E-state index in [0.717, 1.165) is 5.69 Å². The number of aryl methyl sites for hydroxylation is 1. The number of nitrogens with one attached hydrogen (secondary N) is 1. The zero-order valence-electron chi connectivity index (χ0n) is 17.1. The van der Waals surface area contributed by atoms with Crippen molar-refractivity contribution in [2.45, 2.75) is 13.8 Å². The van der Waals surface area contributed by atoms with Gasteiger partial charge in [0, 0.05) is 19.8 Å². The fourth-order valence-electron chi connectivity index (χ4n) is 2.59. The van der Waals surface area contributed by atoms with Crippen molar-refractivity contribution in [2.24, 2.45) is 5.73 Å². The Balaban J connectivity index is 2.07. The first-order valence-electron chi connectivity index (χ1n) is 9.00. The van der Waals surface area contributed by atoms with E-state index in [2.05, 4.69) is 5.32 Å². The molecule has 1 heterocycles. The Morgan fingerprint density at radius 2 is 1.67 bits per heavy atom. The number of primary amides is 1. The molecular weight excluding hydrogens is 394 g/mol. The van der Waals surface area contributed by atoms with Gasteiger partial charge in [0.05, 0.1) is 12.2 Å². The van der Waals surface area contributed by atoms with Crippen molar-refractivity contribution < 1.29 is 33.1 Å². The van der Waals surface area contributed by atoms with Gasteiger partial charge in [0.25, 0.3) is 11.8 Å². The SMILES string of the molecule is CCOC(=O)c1c(C)oc(NC(=O)COC(=O)c2ccc(N(C)C)cc2)c1C(N)=O. The highest BCUT2D eigenvalue weighted by atomic mass is 16.5. The molecule has 0 atom stereocenters. The highest BCUT2D eigenvalue weighted by Gasteiger charge is 2.29. The van der Waals surface area contributed by atoms with E-state index < -0.39 is 30.4 Å². The summed E-state index contributed by atoms with van der Waals surface area (Å²) in [5.74, 6) is -3.54. The lowest BCUT2D eigenvalue weighted by molar-refractivity contribution is -0.119. The van der Waals surface area contributed by atoms with Gasteiger partial charge in [-0.15, -0.1) is 0 Å². The molecule has 2 aromatic rings. The number of carbonyl (C=O) groups is 4. The first-order valence-corrected chi connectivity index (χ1v) is 9.00. The molecule has 2 rings (SSSR count). The predicted octanol–water partition coefficient (Wildman–Crippen LogP) is 1.73. The number of rotatable bonds is 8. The number of hydrogen-bond donors (Lipinski definition) is 2. The van der Waals surface area contributed by atoms with Crippen molar-refractivity contribution >= 4 is 35.3 Å². The maximum Gasteiger partial charge on any atom is 0.342 e. The van der Waals surface area contributed by atoms with Crippen molar-refractivity contribution in [3.8, 4) is 0 Å². The van der Waals surface area contributed by atoms with Crippen molar-refractivity contribution in [3.05, 3.63) is 46.7 Å². The molecule has 0 saturated heterocycles. The molecule has 0 aliphatic heterocycles. The van der Waals surface area contributed by atoms with E-state index in [-0.39, 0.29) is 34.9 Å². The van der Waals surface area contributed by atoms with Crippen LogP contribution in [0.3, 0.4) is 0 Å². The fourth-order valence-corrected chi connectivity index (χ4v) is 2.59. The topological polar surface area (TPSA) is 141 Å². The van der Waals surface area contributed by atoms with Gasteiger partial charge in [-0.25, -0.2) is 9.59 Å². The van der Waals surface area contributed by atoms with Crippen LogP contribution in [0.1, 0.15) is 43.8 Å². The lowest BCUT2D eigenvalue weighted by atomic mass is 10.1. The highest BCUT2D eigenvalue weighted by molar-refractivity contribution is 6.10. The van der Waals surface area contributed by atoms with E-state index in [1.54, 1.807) is 31.2 Å². The molecule has 10 nitrogen and oxygen atoms in total. The van der Waals surface area contributed by atoms with Gasteiger partial charge in [-0.1, -0.05) is 0 Å². The number of nitrogens with two attached hydrogens (primary N) is 1. The van der Waals surface area contributed by atoms with Crippen molar-refractivity contribution in [2.75, 3.05) is 37.5 Å². The molecule has 0 saturated carbocycles. The summed E-state index contributed by atoms with van der Waals surface area (Å²) in [5, 5.41) is 2.28. The van der Waals surface area contributed by atoms with Gasteiger partial charge in [-0.2, -0.15) is 0 Å². The summed E-state index contributed by atoms with van der Waals surface area (Å²) >= 11 is 0. The van der Waals surface area contributed by atoms with Crippen LogP contribution < -0.4 is 16.0 Å². The molecular formula is C20H23N3O7. The van der Waals surface area contributed by atoms with E-state index in [4.69, 9.17) is 19.6 Å². The quantitative estimate of drug-likeness (QED) is 0.619. The first kappa shape index (κ1) is 22.5. The lowest BCUT2D eigenvalue weighted by Crippen LogP contribution is -2.23. The number of benzene rings is 1. The monoisotopic (exact) mass is 417 g/mol. The van der Waals surface area contributed by atoms with Crippen LogP contribution in [0.4, 0.5) is 11.6 Å². The highest BCUT2D eigenvalue weighted by Crippen LogP contribution is 2.27. The number of esters is 2. The van der Waals surface area contributed by atoms with Gasteiger partial charge in [0.2, 0.25) is 5.88 Å². The Hall–Kier alpha value is -3.82. The van der Waals surface area contributed by atoms with Crippen molar-refractivity contribution in [1.29, 1.82) is 0 Å². The zero-order chi connectivity index (χ0) is 22.4. The minimum Gasteiger partial charge on any atom is -0.462 e. The Kier molecular flexibility index (Phi) is 7.18. The van der Waals surface area contributed by atoms with Crippen molar-refractivity contribution in [1.82, 2.24) is 0 Å². The third kappa shape index (κ3) is 5.16.